The Morgan fingerprint density at radius 2 is 1.86 bits per heavy atom. The molecule has 0 amide bonds. The molecule has 0 atom stereocenters. The standard InChI is InChI=1S/C17H19Cl2NO2/c1-3-21-16-6-4-5-12(10-20-2)17(16)22-11-13-7-8-14(18)9-15(13)19/h4-9,20H,3,10-11H2,1-2H3. The van der Waals surface area contributed by atoms with E-state index in [1.165, 1.54) is 0 Å². The van der Waals surface area contributed by atoms with Crippen molar-refractivity contribution in [3.8, 4) is 11.5 Å². The lowest BCUT2D eigenvalue weighted by Gasteiger charge is -2.16. The van der Waals surface area contributed by atoms with E-state index in [2.05, 4.69) is 5.32 Å². The summed E-state index contributed by atoms with van der Waals surface area (Å²) in [7, 11) is 1.90. The molecule has 0 heterocycles. The summed E-state index contributed by atoms with van der Waals surface area (Å²) in [5.74, 6) is 1.48. The maximum atomic E-state index is 6.19. The normalized spacial score (nSPS) is 10.5. The second-order valence-electron chi connectivity index (χ2n) is 4.73. The average molecular weight is 340 g/mol. The minimum atomic E-state index is 0.358. The van der Waals surface area contributed by atoms with E-state index in [9.17, 15) is 0 Å². The van der Waals surface area contributed by atoms with Gasteiger partial charge in [0, 0.05) is 27.7 Å². The molecular formula is C17H19Cl2NO2. The van der Waals surface area contributed by atoms with Gasteiger partial charge in [-0.1, -0.05) is 41.4 Å². The topological polar surface area (TPSA) is 30.5 Å². The third kappa shape index (κ3) is 4.29. The minimum Gasteiger partial charge on any atom is -0.490 e. The van der Waals surface area contributed by atoms with Gasteiger partial charge in [0.1, 0.15) is 6.61 Å². The van der Waals surface area contributed by atoms with Crippen LogP contribution in [0.5, 0.6) is 11.5 Å². The van der Waals surface area contributed by atoms with E-state index < -0.39 is 0 Å². The van der Waals surface area contributed by atoms with Crippen molar-refractivity contribution in [2.24, 2.45) is 0 Å². The first-order valence-electron chi connectivity index (χ1n) is 7.11. The fourth-order valence-corrected chi connectivity index (χ4v) is 2.58. The van der Waals surface area contributed by atoms with Crippen LogP contribution in [0.25, 0.3) is 0 Å². The molecule has 0 aromatic heterocycles. The molecule has 0 saturated carbocycles. The highest BCUT2D eigenvalue weighted by Crippen LogP contribution is 2.33. The Balaban J connectivity index is 2.23. The predicted octanol–water partition coefficient (Wildman–Crippen LogP) is 4.69. The van der Waals surface area contributed by atoms with Crippen LogP contribution in [-0.4, -0.2) is 13.7 Å². The highest BCUT2D eigenvalue weighted by atomic mass is 35.5. The minimum absolute atomic E-state index is 0.358. The second kappa shape index (κ2) is 8.28. The molecule has 3 nitrogen and oxygen atoms in total. The van der Waals surface area contributed by atoms with Gasteiger partial charge in [-0.3, -0.25) is 0 Å². The summed E-state index contributed by atoms with van der Waals surface area (Å²) < 4.78 is 11.6. The largest absolute Gasteiger partial charge is 0.490 e. The maximum Gasteiger partial charge on any atom is 0.166 e. The Kier molecular flexibility index (Phi) is 6.37. The van der Waals surface area contributed by atoms with Crippen molar-refractivity contribution in [1.82, 2.24) is 5.32 Å². The number of nitrogens with one attached hydrogen (secondary N) is 1. The van der Waals surface area contributed by atoms with Crippen LogP contribution in [0.3, 0.4) is 0 Å². The van der Waals surface area contributed by atoms with E-state index in [1.807, 2.05) is 38.2 Å². The van der Waals surface area contributed by atoms with Crippen molar-refractivity contribution < 1.29 is 9.47 Å². The first kappa shape index (κ1) is 16.9. The summed E-state index contributed by atoms with van der Waals surface area (Å²) in [6.45, 7) is 3.59. The highest BCUT2D eigenvalue weighted by Gasteiger charge is 2.12. The van der Waals surface area contributed by atoms with Crippen molar-refractivity contribution in [3.05, 3.63) is 57.6 Å². The molecule has 0 fully saturated rings. The number of ether oxygens (including phenoxy) is 2. The molecule has 0 unspecified atom stereocenters. The molecule has 1 N–H and O–H groups in total. The fourth-order valence-electron chi connectivity index (χ4n) is 2.11. The van der Waals surface area contributed by atoms with Gasteiger partial charge in [-0.25, -0.2) is 0 Å². The molecule has 0 radical (unpaired) electrons. The maximum absolute atomic E-state index is 6.19. The monoisotopic (exact) mass is 339 g/mol. The van der Waals surface area contributed by atoms with Crippen molar-refractivity contribution in [1.29, 1.82) is 0 Å². The molecule has 2 aromatic rings. The van der Waals surface area contributed by atoms with E-state index in [-0.39, 0.29) is 0 Å². The van der Waals surface area contributed by atoms with Gasteiger partial charge in [0.25, 0.3) is 0 Å². The number of halogens is 2. The number of para-hydroxylation sites is 1. The number of benzene rings is 2. The summed E-state index contributed by atoms with van der Waals surface area (Å²) in [4.78, 5) is 0. The van der Waals surface area contributed by atoms with Crippen molar-refractivity contribution in [2.45, 2.75) is 20.1 Å². The highest BCUT2D eigenvalue weighted by molar-refractivity contribution is 6.35. The lowest BCUT2D eigenvalue weighted by molar-refractivity contribution is 0.266. The number of rotatable bonds is 7. The molecule has 0 saturated heterocycles. The lowest BCUT2D eigenvalue weighted by Crippen LogP contribution is -2.09. The number of hydrogen-bond acceptors (Lipinski definition) is 3. The summed E-state index contributed by atoms with van der Waals surface area (Å²) in [6, 6.07) is 11.3. The zero-order valence-electron chi connectivity index (χ0n) is 12.7. The van der Waals surface area contributed by atoms with Crippen LogP contribution in [-0.2, 0) is 13.2 Å². The van der Waals surface area contributed by atoms with Crippen molar-refractivity contribution >= 4 is 23.2 Å². The van der Waals surface area contributed by atoms with E-state index in [0.29, 0.717) is 29.8 Å². The second-order valence-corrected chi connectivity index (χ2v) is 5.58. The summed E-state index contributed by atoms with van der Waals surface area (Å²) in [5, 5.41) is 4.34. The Morgan fingerprint density at radius 1 is 1.05 bits per heavy atom. The molecule has 2 aromatic carbocycles. The zero-order valence-corrected chi connectivity index (χ0v) is 14.2. The molecular weight excluding hydrogens is 321 g/mol. The van der Waals surface area contributed by atoms with E-state index in [0.717, 1.165) is 22.6 Å². The fraction of sp³-hybridized carbons (Fsp3) is 0.294. The lowest BCUT2D eigenvalue weighted by atomic mass is 10.1. The molecule has 0 aliphatic carbocycles. The molecule has 118 valence electrons. The van der Waals surface area contributed by atoms with Gasteiger partial charge in [0.15, 0.2) is 11.5 Å². The first-order chi connectivity index (χ1) is 10.7. The van der Waals surface area contributed by atoms with Crippen LogP contribution in [0.2, 0.25) is 10.0 Å². The van der Waals surface area contributed by atoms with Gasteiger partial charge in [0.2, 0.25) is 0 Å². The molecule has 0 aliphatic rings. The Labute approximate surface area is 141 Å². The van der Waals surface area contributed by atoms with E-state index >= 15 is 0 Å². The van der Waals surface area contributed by atoms with Crippen LogP contribution < -0.4 is 14.8 Å². The van der Waals surface area contributed by atoms with E-state index in [4.69, 9.17) is 32.7 Å². The van der Waals surface area contributed by atoms with Crippen molar-refractivity contribution in [3.63, 3.8) is 0 Å². The predicted molar refractivity (Wildman–Crippen MR) is 91.2 cm³/mol. The van der Waals surface area contributed by atoms with Crippen molar-refractivity contribution in [2.75, 3.05) is 13.7 Å². The SMILES string of the molecule is CCOc1cccc(CNC)c1OCc1ccc(Cl)cc1Cl. The molecule has 0 aliphatic heterocycles. The summed E-state index contributed by atoms with van der Waals surface area (Å²) in [5.41, 5.74) is 1.92. The summed E-state index contributed by atoms with van der Waals surface area (Å²) >= 11 is 12.1. The van der Waals surface area contributed by atoms with Crippen LogP contribution in [0.15, 0.2) is 36.4 Å². The van der Waals surface area contributed by atoms with Gasteiger partial charge in [-0.15, -0.1) is 0 Å². The molecule has 22 heavy (non-hydrogen) atoms. The molecule has 0 bridgehead atoms. The third-order valence-corrected chi connectivity index (χ3v) is 3.70. The average Bonchev–Trinajstić information content (AvgIpc) is 2.49. The van der Waals surface area contributed by atoms with Gasteiger partial charge < -0.3 is 14.8 Å². The van der Waals surface area contributed by atoms with Gasteiger partial charge in [-0.05, 0) is 32.2 Å². The zero-order chi connectivity index (χ0) is 15.9. The Hall–Kier alpha value is -1.42. The van der Waals surface area contributed by atoms with Gasteiger partial charge in [0.05, 0.1) is 6.61 Å². The summed E-state index contributed by atoms with van der Waals surface area (Å²) in [6.07, 6.45) is 0. The first-order valence-corrected chi connectivity index (χ1v) is 7.87. The molecule has 0 spiro atoms. The Bertz CT molecular complexity index is 608. The van der Waals surface area contributed by atoms with Crippen LogP contribution >= 0.6 is 23.2 Å². The smallest absolute Gasteiger partial charge is 0.166 e. The van der Waals surface area contributed by atoms with Gasteiger partial charge >= 0.3 is 0 Å². The molecule has 5 heteroatoms. The van der Waals surface area contributed by atoms with Crippen LogP contribution in [0.4, 0.5) is 0 Å². The van der Waals surface area contributed by atoms with Gasteiger partial charge in [-0.2, -0.15) is 0 Å². The third-order valence-electron chi connectivity index (χ3n) is 3.11. The Morgan fingerprint density at radius 3 is 2.55 bits per heavy atom. The van der Waals surface area contributed by atoms with Crippen LogP contribution in [0.1, 0.15) is 18.1 Å². The van der Waals surface area contributed by atoms with E-state index in [1.54, 1.807) is 12.1 Å². The molecule has 2 rings (SSSR count). The quantitative estimate of drug-likeness (QED) is 0.793. The number of hydrogen-bond donors (Lipinski definition) is 1. The van der Waals surface area contributed by atoms with Crippen LogP contribution in [0, 0.1) is 0 Å².